The van der Waals surface area contributed by atoms with Crippen molar-refractivity contribution in [2.45, 2.75) is 53.6 Å². The van der Waals surface area contributed by atoms with E-state index in [0.29, 0.717) is 17.8 Å². The van der Waals surface area contributed by atoms with Gasteiger partial charge < -0.3 is 4.74 Å². The van der Waals surface area contributed by atoms with Crippen LogP contribution in [-0.4, -0.2) is 17.7 Å². The molecule has 0 spiro atoms. The van der Waals surface area contributed by atoms with Gasteiger partial charge in [-0.15, -0.1) is 0 Å². The normalized spacial score (nSPS) is 26.8. The minimum atomic E-state index is -0.300. The van der Waals surface area contributed by atoms with Crippen molar-refractivity contribution in [2.24, 2.45) is 11.8 Å². The molecule has 0 bridgehead atoms. The first kappa shape index (κ1) is 13.9. The summed E-state index contributed by atoms with van der Waals surface area (Å²) in [5.74, 6) is 0.426. The summed E-state index contributed by atoms with van der Waals surface area (Å²) in [5, 5.41) is 0. The molecule has 0 fully saturated rings. The Balaban J connectivity index is 3.05. The second-order valence-corrected chi connectivity index (χ2v) is 4.75. The summed E-state index contributed by atoms with van der Waals surface area (Å²) in [6, 6.07) is 0. The molecule has 0 amide bonds. The molecule has 0 aromatic carbocycles. The second kappa shape index (κ2) is 5.48. The van der Waals surface area contributed by atoms with Gasteiger partial charge in [-0.25, -0.2) is 0 Å². The van der Waals surface area contributed by atoms with Crippen LogP contribution in [0.2, 0.25) is 0 Å². The highest BCUT2D eigenvalue weighted by atomic mass is 16.5. The molecule has 96 valence electrons. The van der Waals surface area contributed by atoms with Crippen molar-refractivity contribution in [2.75, 3.05) is 0 Å². The van der Waals surface area contributed by atoms with Crippen LogP contribution in [0.4, 0.5) is 0 Å². The predicted molar refractivity (Wildman–Crippen MR) is 66.5 cm³/mol. The molecule has 0 aliphatic carbocycles. The van der Waals surface area contributed by atoms with Crippen molar-refractivity contribution in [3.05, 3.63) is 11.3 Å². The molecule has 3 nitrogen and oxygen atoms in total. The van der Waals surface area contributed by atoms with Gasteiger partial charge >= 0.3 is 0 Å². The van der Waals surface area contributed by atoms with Gasteiger partial charge in [0.1, 0.15) is 17.6 Å². The Labute approximate surface area is 103 Å². The summed E-state index contributed by atoms with van der Waals surface area (Å²) in [7, 11) is 0. The maximum atomic E-state index is 12.1. The average Bonchev–Trinajstić information content (AvgIpc) is 2.34. The fraction of sp³-hybridized carbons (Fsp3) is 0.714. The van der Waals surface area contributed by atoms with E-state index in [1.54, 1.807) is 6.92 Å². The summed E-state index contributed by atoms with van der Waals surface area (Å²) in [6.45, 7) is 9.31. The van der Waals surface area contributed by atoms with Crippen molar-refractivity contribution in [3.8, 4) is 0 Å². The molecule has 0 saturated carbocycles. The Morgan fingerprint density at radius 2 is 2.00 bits per heavy atom. The standard InChI is InChI=1S/C14H22O3/c1-6-11(15)8(3)14-10(5)13(16)9(4)12(7-2)17-14/h8-9,12H,6-7H2,1-5H3/t8?,9?,12-/m1/s1. The molecular weight excluding hydrogens is 216 g/mol. The summed E-state index contributed by atoms with van der Waals surface area (Å²) in [4.78, 5) is 23.8. The van der Waals surface area contributed by atoms with E-state index in [1.165, 1.54) is 0 Å². The Bertz CT molecular complexity index is 354. The molecular formula is C14H22O3. The van der Waals surface area contributed by atoms with E-state index in [0.717, 1.165) is 6.42 Å². The Morgan fingerprint density at radius 1 is 1.41 bits per heavy atom. The summed E-state index contributed by atoms with van der Waals surface area (Å²) >= 11 is 0. The molecule has 0 saturated heterocycles. The fourth-order valence-corrected chi connectivity index (χ4v) is 2.30. The number of hydrogen-bond donors (Lipinski definition) is 0. The maximum Gasteiger partial charge on any atom is 0.168 e. The van der Waals surface area contributed by atoms with Crippen LogP contribution < -0.4 is 0 Å². The fourth-order valence-electron chi connectivity index (χ4n) is 2.30. The van der Waals surface area contributed by atoms with Gasteiger partial charge in [-0.05, 0) is 20.3 Å². The molecule has 17 heavy (non-hydrogen) atoms. The third-order valence-electron chi connectivity index (χ3n) is 3.62. The molecule has 1 aliphatic rings. The Hall–Kier alpha value is -1.12. The average molecular weight is 238 g/mol. The van der Waals surface area contributed by atoms with E-state index in [-0.39, 0.29) is 29.5 Å². The van der Waals surface area contributed by atoms with Crippen molar-refractivity contribution in [1.82, 2.24) is 0 Å². The molecule has 1 aliphatic heterocycles. The molecule has 1 heterocycles. The number of ketones is 2. The Morgan fingerprint density at radius 3 is 2.47 bits per heavy atom. The number of allylic oxidation sites excluding steroid dienone is 2. The number of Topliss-reactive ketones (excluding diaryl/α,β-unsaturated/α-hetero) is 2. The molecule has 3 atom stereocenters. The number of hydrogen-bond acceptors (Lipinski definition) is 3. The zero-order valence-electron chi connectivity index (χ0n) is 11.4. The van der Waals surface area contributed by atoms with Gasteiger partial charge in [0.2, 0.25) is 0 Å². The SMILES string of the molecule is CCC(=O)C(C)C1=C(C)C(=O)C(C)[C@@H](CC)O1. The van der Waals surface area contributed by atoms with Gasteiger partial charge in [-0.1, -0.05) is 20.8 Å². The lowest BCUT2D eigenvalue weighted by Gasteiger charge is -2.33. The maximum absolute atomic E-state index is 12.1. The van der Waals surface area contributed by atoms with Gasteiger partial charge in [-0.2, -0.15) is 0 Å². The third-order valence-corrected chi connectivity index (χ3v) is 3.62. The van der Waals surface area contributed by atoms with E-state index in [4.69, 9.17) is 4.74 Å². The summed E-state index contributed by atoms with van der Waals surface area (Å²) in [5.41, 5.74) is 0.622. The zero-order chi connectivity index (χ0) is 13.2. The van der Waals surface area contributed by atoms with Crippen molar-refractivity contribution < 1.29 is 14.3 Å². The van der Waals surface area contributed by atoms with E-state index in [9.17, 15) is 9.59 Å². The van der Waals surface area contributed by atoms with Gasteiger partial charge in [-0.3, -0.25) is 9.59 Å². The summed E-state index contributed by atoms with van der Waals surface area (Å²) < 4.78 is 5.85. The van der Waals surface area contributed by atoms with Gasteiger partial charge in [0.15, 0.2) is 5.78 Å². The van der Waals surface area contributed by atoms with Gasteiger partial charge in [0.25, 0.3) is 0 Å². The highest BCUT2D eigenvalue weighted by molar-refractivity contribution is 5.99. The van der Waals surface area contributed by atoms with Crippen LogP contribution >= 0.6 is 0 Å². The van der Waals surface area contributed by atoms with Crippen molar-refractivity contribution in [1.29, 1.82) is 0 Å². The van der Waals surface area contributed by atoms with Crippen LogP contribution in [0.5, 0.6) is 0 Å². The first-order valence-corrected chi connectivity index (χ1v) is 6.38. The van der Waals surface area contributed by atoms with Crippen LogP contribution in [0.15, 0.2) is 11.3 Å². The lowest BCUT2D eigenvalue weighted by molar-refractivity contribution is -0.128. The quantitative estimate of drug-likeness (QED) is 0.756. The van der Waals surface area contributed by atoms with E-state index in [2.05, 4.69) is 0 Å². The number of carbonyl (C=O) groups is 2. The molecule has 2 unspecified atom stereocenters. The molecule has 1 rings (SSSR count). The van der Waals surface area contributed by atoms with E-state index < -0.39 is 0 Å². The highest BCUT2D eigenvalue weighted by Crippen LogP contribution is 2.31. The first-order valence-electron chi connectivity index (χ1n) is 6.38. The Kier molecular flexibility index (Phi) is 4.49. The van der Waals surface area contributed by atoms with Crippen LogP contribution in [0.3, 0.4) is 0 Å². The third kappa shape index (κ3) is 2.59. The monoisotopic (exact) mass is 238 g/mol. The van der Waals surface area contributed by atoms with Crippen LogP contribution in [0.1, 0.15) is 47.5 Å². The smallest absolute Gasteiger partial charge is 0.168 e. The van der Waals surface area contributed by atoms with Crippen LogP contribution in [0, 0.1) is 11.8 Å². The first-order chi connectivity index (χ1) is 7.93. The number of carbonyl (C=O) groups excluding carboxylic acids is 2. The topological polar surface area (TPSA) is 43.4 Å². The van der Waals surface area contributed by atoms with Crippen molar-refractivity contribution >= 4 is 11.6 Å². The minimum absolute atomic E-state index is 0.0895. The van der Waals surface area contributed by atoms with E-state index >= 15 is 0 Å². The molecule has 0 N–H and O–H groups in total. The van der Waals surface area contributed by atoms with Crippen molar-refractivity contribution in [3.63, 3.8) is 0 Å². The lowest BCUT2D eigenvalue weighted by Crippen LogP contribution is -2.36. The minimum Gasteiger partial charge on any atom is -0.493 e. The van der Waals surface area contributed by atoms with E-state index in [1.807, 2.05) is 27.7 Å². The zero-order valence-corrected chi connectivity index (χ0v) is 11.4. The number of ether oxygens (including phenoxy) is 1. The van der Waals surface area contributed by atoms with Crippen LogP contribution in [-0.2, 0) is 14.3 Å². The highest BCUT2D eigenvalue weighted by Gasteiger charge is 2.35. The molecule has 3 heteroatoms. The molecule has 0 aromatic heterocycles. The number of rotatable bonds is 4. The van der Waals surface area contributed by atoms with Crippen LogP contribution in [0.25, 0.3) is 0 Å². The molecule has 0 radical (unpaired) electrons. The van der Waals surface area contributed by atoms with Gasteiger partial charge in [0, 0.05) is 12.0 Å². The lowest BCUT2D eigenvalue weighted by atomic mass is 9.86. The summed E-state index contributed by atoms with van der Waals surface area (Å²) in [6.07, 6.45) is 1.17. The second-order valence-electron chi connectivity index (χ2n) is 4.75. The van der Waals surface area contributed by atoms with Gasteiger partial charge in [0.05, 0.1) is 11.8 Å². The predicted octanol–water partition coefficient (Wildman–Crippen LogP) is 2.89. The largest absolute Gasteiger partial charge is 0.493 e. The molecule has 0 aromatic rings.